The monoisotopic (exact) mass is 241 g/mol. The third-order valence-corrected chi connectivity index (χ3v) is 2.52. The molecular formula is C12H11N5O. The second-order valence-corrected chi connectivity index (χ2v) is 3.79. The lowest BCUT2D eigenvalue weighted by Gasteiger charge is -1.97. The van der Waals surface area contributed by atoms with Crippen LogP contribution in [0.3, 0.4) is 0 Å². The second kappa shape index (κ2) is 4.79. The lowest BCUT2D eigenvalue weighted by atomic mass is 10.4. The topological polar surface area (TPSA) is 69.6 Å². The zero-order valence-corrected chi connectivity index (χ0v) is 9.60. The summed E-state index contributed by atoms with van der Waals surface area (Å²) in [5.74, 6) is 1.08. The zero-order valence-electron chi connectivity index (χ0n) is 9.60. The Morgan fingerprint density at radius 2 is 2.06 bits per heavy atom. The van der Waals surface area contributed by atoms with Crippen LogP contribution in [-0.2, 0) is 13.0 Å². The van der Waals surface area contributed by atoms with Crippen LogP contribution in [0.4, 0.5) is 0 Å². The molecule has 0 saturated heterocycles. The summed E-state index contributed by atoms with van der Waals surface area (Å²) in [5.41, 5.74) is 0.619. The van der Waals surface area contributed by atoms with Gasteiger partial charge in [0.05, 0.1) is 0 Å². The van der Waals surface area contributed by atoms with Crippen LogP contribution in [0.1, 0.15) is 5.89 Å². The van der Waals surface area contributed by atoms with Crippen molar-refractivity contribution in [3.05, 3.63) is 48.7 Å². The van der Waals surface area contributed by atoms with Crippen molar-refractivity contribution in [1.82, 2.24) is 24.9 Å². The smallest absolute Gasteiger partial charge is 0.228 e. The maximum Gasteiger partial charge on any atom is 0.228 e. The van der Waals surface area contributed by atoms with Crippen LogP contribution >= 0.6 is 0 Å². The summed E-state index contributed by atoms with van der Waals surface area (Å²) >= 11 is 0. The van der Waals surface area contributed by atoms with Crippen molar-refractivity contribution in [2.45, 2.75) is 13.0 Å². The molecule has 18 heavy (non-hydrogen) atoms. The van der Waals surface area contributed by atoms with Gasteiger partial charge in [0.15, 0.2) is 0 Å². The molecule has 0 aromatic carbocycles. The first kappa shape index (κ1) is 10.6. The van der Waals surface area contributed by atoms with E-state index in [2.05, 4.69) is 24.9 Å². The number of hydrogen-bond acceptors (Lipinski definition) is 5. The van der Waals surface area contributed by atoms with E-state index in [1.165, 1.54) is 0 Å². The van der Waals surface area contributed by atoms with Crippen LogP contribution in [0.25, 0.3) is 11.5 Å². The molecule has 0 aliphatic heterocycles. The summed E-state index contributed by atoms with van der Waals surface area (Å²) in [6, 6.07) is 7.56. The van der Waals surface area contributed by atoms with Crippen molar-refractivity contribution in [2.75, 3.05) is 0 Å². The fraction of sp³-hybridized carbons (Fsp3) is 0.167. The minimum absolute atomic E-state index is 0.477. The highest BCUT2D eigenvalue weighted by Crippen LogP contribution is 2.11. The molecule has 0 aliphatic carbocycles. The highest BCUT2D eigenvalue weighted by molar-refractivity contribution is 5.46. The van der Waals surface area contributed by atoms with Gasteiger partial charge in [0, 0.05) is 31.6 Å². The molecule has 0 radical (unpaired) electrons. The first-order chi connectivity index (χ1) is 8.92. The van der Waals surface area contributed by atoms with E-state index in [-0.39, 0.29) is 0 Å². The maximum absolute atomic E-state index is 5.18. The standard InChI is InChI=1S/C12H11N5O/c1-2-8-17(7-1)9-5-11-14-12(16-18-11)10-4-3-6-13-15-10/h1-4,6-8H,5,9H2. The lowest BCUT2D eigenvalue weighted by Crippen LogP contribution is -1.98. The van der Waals surface area contributed by atoms with Gasteiger partial charge in [0.1, 0.15) is 5.69 Å². The van der Waals surface area contributed by atoms with E-state index in [9.17, 15) is 0 Å². The maximum atomic E-state index is 5.18. The summed E-state index contributed by atoms with van der Waals surface area (Å²) in [7, 11) is 0. The van der Waals surface area contributed by atoms with E-state index >= 15 is 0 Å². The van der Waals surface area contributed by atoms with E-state index in [1.54, 1.807) is 18.3 Å². The highest BCUT2D eigenvalue weighted by atomic mass is 16.5. The number of aromatic nitrogens is 5. The predicted octanol–water partition coefficient (Wildman–Crippen LogP) is 1.57. The highest BCUT2D eigenvalue weighted by Gasteiger charge is 2.09. The average molecular weight is 241 g/mol. The van der Waals surface area contributed by atoms with Crippen molar-refractivity contribution in [1.29, 1.82) is 0 Å². The summed E-state index contributed by atoms with van der Waals surface area (Å²) in [6.45, 7) is 0.815. The van der Waals surface area contributed by atoms with Gasteiger partial charge in [-0.2, -0.15) is 10.1 Å². The van der Waals surface area contributed by atoms with Crippen LogP contribution in [0, 0.1) is 0 Å². The molecule has 0 unspecified atom stereocenters. The van der Waals surface area contributed by atoms with Crippen molar-refractivity contribution in [3.63, 3.8) is 0 Å². The fourth-order valence-corrected chi connectivity index (χ4v) is 1.63. The van der Waals surface area contributed by atoms with Crippen LogP contribution in [-0.4, -0.2) is 24.9 Å². The summed E-state index contributed by atoms with van der Waals surface area (Å²) in [4.78, 5) is 4.29. The molecular weight excluding hydrogens is 230 g/mol. The third-order valence-electron chi connectivity index (χ3n) is 2.52. The van der Waals surface area contributed by atoms with E-state index < -0.39 is 0 Å². The molecule has 6 nitrogen and oxygen atoms in total. The van der Waals surface area contributed by atoms with Gasteiger partial charge in [-0.3, -0.25) is 0 Å². The zero-order chi connectivity index (χ0) is 12.2. The third kappa shape index (κ3) is 2.27. The van der Waals surface area contributed by atoms with Gasteiger partial charge in [-0.1, -0.05) is 5.16 Å². The van der Waals surface area contributed by atoms with E-state index in [0.717, 1.165) is 6.54 Å². The largest absolute Gasteiger partial charge is 0.354 e. The van der Waals surface area contributed by atoms with Gasteiger partial charge in [0.2, 0.25) is 11.7 Å². The van der Waals surface area contributed by atoms with Crippen molar-refractivity contribution < 1.29 is 4.52 Å². The van der Waals surface area contributed by atoms with Crippen molar-refractivity contribution in [3.8, 4) is 11.5 Å². The average Bonchev–Trinajstić information content (AvgIpc) is 3.09. The molecule has 3 aromatic rings. The molecule has 0 fully saturated rings. The minimum atomic E-state index is 0.477. The number of hydrogen-bond donors (Lipinski definition) is 0. The molecule has 0 saturated carbocycles. The molecule has 3 heterocycles. The summed E-state index contributed by atoms with van der Waals surface area (Å²) in [5, 5.41) is 11.6. The molecule has 0 atom stereocenters. The summed E-state index contributed by atoms with van der Waals surface area (Å²) < 4.78 is 7.24. The normalized spacial score (nSPS) is 10.7. The Labute approximate surface area is 103 Å². The van der Waals surface area contributed by atoms with Gasteiger partial charge in [-0.15, -0.1) is 5.10 Å². The van der Waals surface area contributed by atoms with Gasteiger partial charge < -0.3 is 9.09 Å². The molecule has 0 spiro atoms. The Morgan fingerprint density at radius 1 is 1.17 bits per heavy atom. The molecule has 0 N–H and O–H groups in total. The Bertz CT molecular complexity index is 602. The first-order valence-corrected chi connectivity index (χ1v) is 5.63. The van der Waals surface area contributed by atoms with Crippen LogP contribution in [0.5, 0.6) is 0 Å². The first-order valence-electron chi connectivity index (χ1n) is 5.63. The van der Waals surface area contributed by atoms with E-state index in [1.807, 2.05) is 24.5 Å². The fourth-order valence-electron chi connectivity index (χ4n) is 1.63. The van der Waals surface area contributed by atoms with Gasteiger partial charge >= 0.3 is 0 Å². The lowest BCUT2D eigenvalue weighted by molar-refractivity contribution is 0.372. The van der Waals surface area contributed by atoms with Gasteiger partial charge in [-0.05, 0) is 24.3 Å². The molecule has 0 bridgehead atoms. The SMILES string of the molecule is c1cnnc(-c2noc(CCn3cccc3)n2)c1. The van der Waals surface area contributed by atoms with Gasteiger partial charge in [0.25, 0.3) is 0 Å². The van der Waals surface area contributed by atoms with E-state index in [0.29, 0.717) is 23.8 Å². The Balaban J connectivity index is 1.70. The Kier molecular flexibility index (Phi) is 2.83. The predicted molar refractivity (Wildman–Crippen MR) is 63.5 cm³/mol. The van der Waals surface area contributed by atoms with Crippen LogP contribution in [0.15, 0.2) is 47.4 Å². The van der Waals surface area contributed by atoms with E-state index in [4.69, 9.17) is 4.52 Å². The second-order valence-electron chi connectivity index (χ2n) is 3.79. The number of rotatable bonds is 4. The summed E-state index contributed by atoms with van der Waals surface area (Å²) in [6.07, 6.45) is 6.30. The van der Waals surface area contributed by atoms with Crippen LogP contribution < -0.4 is 0 Å². The van der Waals surface area contributed by atoms with Crippen molar-refractivity contribution >= 4 is 0 Å². The number of aryl methyl sites for hydroxylation is 2. The van der Waals surface area contributed by atoms with Crippen molar-refractivity contribution in [2.24, 2.45) is 0 Å². The number of nitrogens with zero attached hydrogens (tertiary/aromatic N) is 5. The molecule has 3 aromatic heterocycles. The van der Waals surface area contributed by atoms with Crippen LogP contribution in [0.2, 0.25) is 0 Å². The van der Waals surface area contributed by atoms with Gasteiger partial charge in [-0.25, -0.2) is 0 Å². The minimum Gasteiger partial charge on any atom is -0.354 e. The quantitative estimate of drug-likeness (QED) is 0.693. The Morgan fingerprint density at radius 3 is 2.83 bits per heavy atom. The Hall–Kier alpha value is -2.50. The molecule has 0 amide bonds. The molecule has 90 valence electrons. The molecule has 0 aliphatic rings. The molecule has 3 rings (SSSR count). The molecule has 6 heteroatoms.